The quantitative estimate of drug-likeness (QED) is 0.0913. The highest BCUT2D eigenvalue weighted by molar-refractivity contribution is 6.00. The molecule has 3 rings (SSSR count). The van der Waals surface area contributed by atoms with Gasteiger partial charge in [0, 0.05) is 50.7 Å². The highest BCUT2D eigenvalue weighted by Crippen LogP contribution is 2.36. The number of likely N-dealkylation sites (N-methyl/N-ethyl adjacent to an activating group) is 1. The first kappa shape index (κ1) is 28.4. The number of amides is 1. The molecule has 0 aliphatic carbocycles. The Hall–Kier alpha value is -4.16. The fraction of sp³-hybridized carbons (Fsp3) is 0.250. The summed E-state index contributed by atoms with van der Waals surface area (Å²) in [6, 6.07) is 24.5. The van der Waals surface area contributed by atoms with Crippen molar-refractivity contribution in [2.75, 3.05) is 39.5 Å². The van der Waals surface area contributed by atoms with Gasteiger partial charge in [-0.15, -0.1) is 0 Å². The number of carbonyl (C=O) groups is 1. The van der Waals surface area contributed by atoms with E-state index in [1.165, 1.54) is 22.3 Å². The minimum absolute atomic E-state index is 0.0288. The number of ether oxygens (including phenoxy) is 1. The maximum Gasteiger partial charge on any atom is 0.245 e. The molecule has 0 aromatic heterocycles. The van der Waals surface area contributed by atoms with Crippen LogP contribution in [0.1, 0.15) is 42.0 Å². The summed E-state index contributed by atoms with van der Waals surface area (Å²) in [6.07, 6.45) is 6.60. The van der Waals surface area contributed by atoms with Gasteiger partial charge in [0.25, 0.3) is 0 Å². The molecule has 0 radical (unpaired) electrons. The molecule has 4 N–H and O–H groups in total. The predicted molar refractivity (Wildman–Crippen MR) is 159 cm³/mol. The van der Waals surface area contributed by atoms with E-state index in [2.05, 4.69) is 48.6 Å². The smallest absolute Gasteiger partial charge is 0.245 e. The summed E-state index contributed by atoms with van der Waals surface area (Å²) in [7, 11) is 3.46. The van der Waals surface area contributed by atoms with Crippen LogP contribution in [0.25, 0.3) is 11.1 Å². The van der Waals surface area contributed by atoms with Gasteiger partial charge < -0.3 is 26.1 Å². The molecule has 3 aromatic carbocycles. The highest BCUT2D eigenvalue weighted by Gasteiger charge is 2.15. The van der Waals surface area contributed by atoms with Crippen LogP contribution in [0.4, 0.5) is 5.69 Å². The summed E-state index contributed by atoms with van der Waals surface area (Å²) in [5.41, 5.74) is 13.1. The lowest BCUT2D eigenvalue weighted by Gasteiger charge is -2.18. The van der Waals surface area contributed by atoms with E-state index in [0.29, 0.717) is 30.9 Å². The molecule has 0 unspecified atom stereocenters. The standard InChI is InChI=1S/C32H38N4O2/c1-4-9-29(24-10-6-5-7-11-24)32(26-15-18-30(34)27(22-26)23-33)25-13-16-28(17-14-25)38-21-20-35-19-8-12-31(37)36(2)3/h5-8,10-18,22-23,33,35H,4,9,19-21,34H2,1-3H3/b12-8+,32-29+,33-23?. The molecule has 6 nitrogen and oxygen atoms in total. The molecule has 0 atom stereocenters. The molecule has 198 valence electrons. The lowest BCUT2D eigenvalue weighted by Crippen LogP contribution is -2.22. The van der Waals surface area contributed by atoms with Crippen molar-refractivity contribution in [3.8, 4) is 5.75 Å². The molecule has 0 saturated carbocycles. The topological polar surface area (TPSA) is 91.4 Å². The van der Waals surface area contributed by atoms with Crippen LogP contribution in [0, 0.1) is 5.41 Å². The number of anilines is 1. The summed E-state index contributed by atoms with van der Waals surface area (Å²) >= 11 is 0. The Labute approximate surface area is 226 Å². The van der Waals surface area contributed by atoms with Crippen molar-refractivity contribution >= 4 is 29.0 Å². The SMILES string of the molecule is CCC/C(=C(/c1ccc(OCCNC/C=C/C(=O)N(C)C)cc1)c1ccc(N)c(C=N)c1)c1ccccc1. The number of nitrogens with two attached hydrogens (primary N) is 1. The van der Waals surface area contributed by atoms with Crippen LogP contribution in [0.15, 0.2) is 84.9 Å². The second-order valence-corrected chi connectivity index (χ2v) is 9.17. The largest absolute Gasteiger partial charge is 0.492 e. The molecule has 0 fully saturated rings. The number of hydrogen-bond donors (Lipinski definition) is 3. The Balaban J connectivity index is 1.81. The molecule has 0 heterocycles. The Bertz CT molecular complexity index is 1260. The van der Waals surface area contributed by atoms with Crippen molar-refractivity contribution in [1.82, 2.24) is 10.2 Å². The van der Waals surface area contributed by atoms with Gasteiger partial charge in [0.2, 0.25) is 5.91 Å². The van der Waals surface area contributed by atoms with Crippen molar-refractivity contribution in [1.29, 1.82) is 5.41 Å². The third-order valence-electron chi connectivity index (χ3n) is 6.11. The molecule has 38 heavy (non-hydrogen) atoms. The van der Waals surface area contributed by atoms with E-state index in [1.54, 1.807) is 20.2 Å². The minimum atomic E-state index is -0.0288. The zero-order valence-corrected chi connectivity index (χ0v) is 22.5. The molecule has 0 spiro atoms. The number of carbonyl (C=O) groups excluding carboxylic acids is 1. The van der Waals surface area contributed by atoms with Crippen LogP contribution in [0.3, 0.4) is 0 Å². The summed E-state index contributed by atoms with van der Waals surface area (Å²) in [5, 5.41) is 11.0. The average Bonchev–Trinajstić information content (AvgIpc) is 2.94. The number of nitrogen functional groups attached to an aromatic ring is 1. The van der Waals surface area contributed by atoms with E-state index in [1.807, 2.05) is 42.5 Å². The van der Waals surface area contributed by atoms with E-state index in [0.717, 1.165) is 35.3 Å². The van der Waals surface area contributed by atoms with E-state index in [4.69, 9.17) is 15.9 Å². The van der Waals surface area contributed by atoms with Crippen LogP contribution in [-0.2, 0) is 4.79 Å². The Kier molecular flexibility index (Phi) is 10.9. The van der Waals surface area contributed by atoms with Crippen LogP contribution in [-0.4, -0.2) is 50.8 Å². The van der Waals surface area contributed by atoms with Gasteiger partial charge in [0.1, 0.15) is 12.4 Å². The minimum Gasteiger partial charge on any atom is -0.492 e. The van der Waals surface area contributed by atoms with Gasteiger partial charge in [-0.25, -0.2) is 0 Å². The first-order valence-electron chi connectivity index (χ1n) is 12.9. The van der Waals surface area contributed by atoms with Crippen molar-refractivity contribution in [3.05, 3.63) is 107 Å². The van der Waals surface area contributed by atoms with Gasteiger partial charge in [0.15, 0.2) is 0 Å². The number of hydrogen-bond acceptors (Lipinski definition) is 5. The van der Waals surface area contributed by atoms with Crippen LogP contribution < -0.4 is 15.8 Å². The third kappa shape index (κ3) is 7.92. The number of rotatable bonds is 13. The third-order valence-corrected chi connectivity index (χ3v) is 6.11. The number of nitrogens with one attached hydrogen (secondary N) is 2. The van der Waals surface area contributed by atoms with E-state index < -0.39 is 0 Å². The van der Waals surface area contributed by atoms with Crippen molar-refractivity contribution in [2.24, 2.45) is 0 Å². The molecule has 3 aromatic rings. The van der Waals surface area contributed by atoms with Gasteiger partial charge in [-0.1, -0.05) is 68.0 Å². The summed E-state index contributed by atoms with van der Waals surface area (Å²) in [5.74, 6) is 0.765. The predicted octanol–water partition coefficient (Wildman–Crippen LogP) is 5.64. The van der Waals surface area contributed by atoms with Gasteiger partial charge in [-0.3, -0.25) is 4.79 Å². The van der Waals surface area contributed by atoms with Gasteiger partial charge >= 0.3 is 0 Å². The Morgan fingerprint density at radius 1 is 1.00 bits per heavy atom. The summed E-state index contributed by atoms with van der Waals surface area (Å²) < 4.78 is 5.93. The molecule has 0 aliphatic heterocycles. The van der Waals surface area contributed by atoms with Crippen molar-refractivity contribution < 1.29 is 9.53 Å². The first-order valence-corrected chi connectivity index (χ1v) is 12.9. The zero-order valence-electron chi connectivity index (χ0n) is 22.5. The van der Waals surface area contributed by atoms with Crippen LogP contribution in [0.2, 0.25) is 0 Å². The number of allylic oxidation sites excluding steroid dienone is 1. The lowest BCUT2D eigenvalue weighted by molar-refractivity contribution is -0.123. The Morgan fingerprint density at radius 3 is 2.37 bits per heavy atom. The van der Waals surface area contributed by atoms with Crippen LogP contribution in [0.5, 0.6) is 5.75 Å². The van der Waals surface area contributed by atoms with Gasteiger partial charge in [0.05, 0.1) is 0 Å². The van der Waals surface area contributed by atoms with Gasteiger partial charge in [-0.05, 0) is 58.5 Å². The highest BCUT2D eigenvalue weighted by atomic mass is 16.5. The molecular weight excluding hydrogens is 472 g/mol. The molecule has 1 amide bonds. The normalized spacial score (nSPS) is 11.8. The summed E-state index contributed by atoms with van der Waals surface area (Å²) in [6.45, 7) is 3.98. The maximum atomic E-state index is 11.6. The zero-order chi connectivity index (χ0) is 27.3. The molecule has 0 saturated heterocycles. The van der Waals surface area contributed by atoms with Crippen molar-refractivity contribution in [3.63, 3.8) is 0 Å². The first-order chi connectivity index (χ1) is 18.4. The maximum absolute atomic E-state index is 11.6. The second kappa shape index (κ2) is 14.5. The molecule has 0 bridgehead atoms. The fourth-order valence-corrected chi connectivity index (χ4v) is 4.13. The van der Waals surface area contributed by atoms with Gasteiger partial charge in [-0.2, -0.15) is 0 Å². The summed E-state index contributed by atoms with van der Waals surface area (Å²) in [4.78, 5) is 13.1. The molecule has 0 aliphatic rings. The molecular formula is C32H38N4O2. The lowest BCUT2D eigenvalue weighted by atomic mass is 9.86. The van der Waals surface area contributed by atoms with E-state index in [9.17, 15) is 4.79 Å². The van der Waals surface area contributed by atoms with Crippen LogP contribution >= 0.6 is 0 Å². The van der Waals surface area contributed by atoms with E-state index in [-0.39, 0.29) is 5.91 Å². The molecule has 6 heteroatoms. The number of nitrogens with zero attached hydrogens (tertiary/aromatic N) is 1. The van der Waals surface area contributed by atoms with Crippen molar-refractivity contribution in [2.45, 2.75) is 19.8 Å². The van der Waals surface area contributed by atoms with E-state index >= 15 is 0 Å². The second-order valence-electron chi connectivity index (χ2n) is 9.17. The fourth-order valence-electron chi connectivity index (χ4n) is 4.13. The Morgan fingerprint density at radius 2 is 1.71 bits per heavy atom. The number of benzene rings is 3. The average molecular weight is 511 g/mol. The monoisotopic (exact) mass is 510 g/mol.